The lowest BCUT2D eigenvalue weighted by Crippen LogP contribution is -2.19. The molecule has 0 aliphatic rings. The van der Waals surface area contributed by atoms with Crippen molar-refractivity contribution in [3.05, 3.63) is 12.7 Å². The van der Waals surface area contributed by atoms with E-state index in [1.54, 1.807) is 0 Å². The molecule has 0 saturated heterocycles. The zero-order valence-electron chi connectivity index (χ0n) is 10.1. The second kappa shape index (κ2) is 8.42. The molecule has 0 aromatic carbocycles. The summed E-state index contributed by atoms with van der Waals surface area (Å²) in [5, 5.41) is 0. The van der Waals surface area contributed by atoms with Gasteiger partial charge in [0.2, 0.25) is 6.29 Å². The van der Waals surface area contributed by atoms with E-state index in [0.29, 0.717) is 6.42 Å². The van der Waals surface area contributed by atoms with Crippen LogP contribution in [0.1, 0.15) is 32.6 Å². The highest BCUT2D eigenvalue weighted by atomic mass is 31.2. The Labute approximate surface area is 101 Å². The van der Waals surface area contributed by atoms with Crippen LogP contribution in [-0.2, 0) is 23.1 Å². The first-order chi connectivity index (χ1) is 7.95. The van der Waals surface area contributed by atoms with E-state index in [-0.39, 0.29) is 0 Å². The minimum Gasteiger partial charge on any atom is -0.432 e. The number of unbranched alkanes of at least 4 members (excludes halogenated alkanes) is 2. The fourth-order valence-corrected chi connectivity index (χ4v) is 1.60. The van der Waals surface area contributed by atoms with E-state index in [9.17, 15) is 9.36 Å². The van der Waals surface area contributed by atoms with Gasteiger partial charge in [0.05, 0.1) is 0 Å². The van der Waals surface area contributed by atoms with E-state index in [4.69, 9.17) is 14.2 Å². The first-order valence-corrected chi connectivity index (χ1v) is 6.84. The van der Waals surface area contributed by atoms with Gasteiger partial charge in [0.15, 0.2) is 0 Å². The van der Waals surface area contributed by atoms with Crippen LogP contribution in [0.15, 0.2) is 12.7 Å². The van der Waals surface area contributed by atoms with Crippen LogP contribution in [0.25, 0.3) is 0 Å². The second-order valence-electron chi connectivity index (χ2n) is 3.32. The Hall–Kier alpha value is -0.680. The van der Waals surface area contributed by atoms with Crippen molar-refractivity contribution in [2.45, 2.75) is 38.9 Å². The molecule has 0 fully saturated rings. The van der Waals surface area contributed by atoms with E-state index in [1.807, 2.05) is 6.92 Å². The lowest BCUT2D eigenvalue weighted by molar-refractivity contribution is -0.160. The molecule has 1 N–H and O–H groups in total. The van der Waals surface area contributed by atoms with Crippen molar-refractivity contribution in [1.29, 1.82) is 0 Å². The lowest BCUT2D eigenvalue weighted by atomic mass is 10.2. The molecule has 7 heteroatoms. The van der Waals surface area contributed by atoms with Crippen molar-refractivity contribution in [3.63, 3.8) is 0 Å². The number of rotatable bonds is 9. The highest BCUT2D eigenvalue weighted by Gasteiger charge is 2.26. The quantitative estimate of drug-likeness (QED) is 0.227. The number of carbonyl (C=O) groups excluding carboxylic acids is 1. The van der Waals surface area contributed by atoms with Crippen LogP contribution >= 0.6 is 7.82 Å². The Balaban J connectivity index is 4.33. The van der Waals surface area contributed by atoms with Crippen molar-refractivity contribution in [2.75, 3.05) is 7.11 Å². The number of hydrogen-bond acceptors (Lipinski definition) is 5. The third-order valence-corrected chi connectivity index (χ3v) is 2.90. The minimum absolute atomic E-state index is 0.335. The van der Waals surface area contributed by atoms with E-state index in [1.165, 1.54) is 0 Å². The molecule has 6 nitrogen and oxygen atoms in total. The molecule has 0 spiro atoms. The predicted octanol–water partition coefficient (Wildman–Crippen LogP) is 2.39. The summed E-state index contributed by atoms with van der Waals surface area (Å²) in [6, 6.07) is 0. The van der Waals surface area contributed by atoms with Crippen molar-refractivity contribution >= 4 is 13.8 Å². The van der Waals surface area contributed by atoms with Gasteiger partial charge in [-0.15, -0.1) is 0 Å². The molecule has 0 aromatic heterocycles. The summed E-state index contributed by atoms with van der Waals surface area (Å²) >= 11 is 0. The number of phosphoric acid groups is 1. The van der Waals surface area contributed by atoms with Crippen LogP contribution in [-0.4, -0.2) is 24.3 Å². The second-order valence-corrected chi connectivity index (χ2v) is 4.84. The molecule has 0 aliphatic carbocycles. The normalized spacial score (nSPS) is 15.9. The van der Waals surface area contributed by atoms with Gasteiger partial charge in [-0.2, -0.15) is 0 Å². The molecule has 2 unspecified atom stereocenters. The average molecular weight is 266 g/mol. The van der Waals surface area contributed by atoms with Gasteiger partial charge >= 0.3 is 13.8 Å². The lowest BCUT2D eigenvalue weighted by Gasteiger charge is -2.19. The van der Waals surface area contributed by atoms with Crippen LogP contribution in [0.3, 0.4) is 0 Å². The fraction of sp³-hybridized carbons (Fsp3) is 0.700. The van der Waals surface area contributed by atoms with Gasteiger partial charge in [0.25, 0.3) is 0 Å². The van der Waals surface area contributed by atoms with Gasteiger partial charge in [-0.1, -0.05) is 26.3 Å². The molecule has 0 radical (unpaired) electrons. The summed E-state index contributed by atoms with van der Waals surface area (Å²) in [6.45, 7) is 5.25. The summed E-state index contributed by atoms with van der Waals surface area (Å²) in [5.74, 6) is -0.706. The summed E-state index contributed by atoms with van der Waals surface area (Å²) in [4.78, 5) is 20.1. The Kier molecular flexibility index (Phi) is 8.08. The molecule has 0 saturated carbocycles. The maximum Gasteiger partial charge on any atom is 0.475 e. The van der Waals surface area contributed by atoms with Gasteiger partial charge in [0.1, 0.15) is 0 Å². The number of carbonyl (C=O) groups is 1. The number of hydrogen-bond donors (Lipinski definition) is 1. The van der Waals surface area contributed by atoms with Crippen LogP contribution in [0.4, 0.5) is 0 Å². The van der Waals surface area contributed by atoms with Crippen LogP contribution < -0.4 is 0 Å². The smallest absolute Gasteiger partial charge is 0.432 e. The standard InChI is InChI=1S/C10H19O6P/c1-4-6-7-8-10(15-9(11)5-2)16-17(12,13)14-3/h5,10H,2,4,6-8H2,1,3H3,(H,12,13). The maximum atomic E-state index is 11.2. The van der Waals surface area contributed by atoms with E-state index < -0.39 is 20.1 Å². The van der Waals surface area contributed by atoms with Gasteiger partial charge < -0.3 is 9.63 Å². The van der Waals surface area contributed by atoms with Crippen molar-refractivity contribution in [2.24, 2.45) is 0 Å². The largest absolute Gasteiger partial charge is 0.475 e. The van der Waals surface area contributed by atoms with Gasteiger partial charge in [-0.25, -0.2) is 13.9 Å². The topological polar surface area (TPSA) is 82.1 Å². The summed E-state index contributed by atoms with van der Waals surface area (Å²) in [5.41, 5.74) is 0. The van der Waals surface area contributed by atoms with Crippen molar-refractivity contribution in [1.82, 2.24) is 0 Å². The van der Waals surface area contributed by atoms with Crippen LogP contribution in [0.2, 0.25) is 0 Å². The van der Waals surface area contributed by atoms with E-state index in [2.05, 4.69) is 11.1 Å². The summed E-state index contributed by atoms with van der Waals surface area (Å²) in [7, 11) is -3.12. The average Bonchev–Trinajstić information content (AvgIpc) is 2.28. The molecule has 0 amide bonds. The monoisotopic (exact) mass is 266 g/mol. The Morgan fingerprint density at radius 2 is 2.18 bits per heavy atom. The molecule has 0 heterocycles. The third-order valence-electron chi connectivity index (χ3n) is 1.94. The zero-order valence-corrected chi connectivity index (χ0v) is 11.0. The molecule has 0 rings (SSSR count). The predicted molar refractivity (Wildman–Crippen MR) is 62.1 cm³/mol. The van der Waals surface area contributed by atoms with Gasteiger partial charge in [0, 0.05) is 19.6 Å². The molecule has 0 aromatic rings. The highest BCUT2D eigenvalue weighted by Crippen LogP contribution is 2.44. The number of esters is 1. The fourth-order valence-electron chi connectivity index (χ4n) is 1.06. The molecule has 2 atom stereocenters. The summed E-state index contributed by atoms with van der Waals surface area (Å²) in [6.07, 6.45) is 2.81. The van der Waals surface area contributed by atoms with Crippen molar-refractivity contribution < 1.29 is 28.0 Å². The van der Waals surface area contributed by atoms with E-state index >= 15 is 0 Å². The molecular formula is C10H19O6P. The Morgan fingerprint density at radius 3 is 2.65 bits per heavy atom. The van der Waals surface area contributed by atoms with Crippen molar-refractivity contribution in [3.8, 4) is 0 Å². The SMILES string of the molecule is C=CC(=O)OC(CCCCC)OP(=O)(O)OC. The summed E-state index contributed by atoms with van der Waals surface area (Å²) < 4.78 is 24.9. The highest BCUT2D eigenvalue weighted by molar-refractivity contribution is 7.47. The molecular weight excluding hydrogens is 247 g/mol. The van der Waals surface area contributed by atoms with Crippen LogP contribution in [0.5, 0.6) is 0 Å². The zero-order chi connectivity index (χ0) is 13.3. The molecule has 100 valence electrons. The first kappa shape index (κ1) is 16.3. The third kappa shape index (κ3) is 8.10. The first-order valence-electron chi connectivity index (χ1n) is 5.35. The molecule has 0 aliphatic heterocycles. The Bertz CT molecular complexity index is 291. The maximum absolute atomic E-state index is 11.2. The molecule has 17 heavy (non-hydrogen) atoms. The van der Waals surface area contributed by atoms with Gasteiger partial charge in [-0.05, 0) is 6.42 Å². The van der Waals surface area contributed by atoms with Gasteiger partial charge in [-0.3, -0.25) is 4.52 Å². The molecule has 0 bridgehead atoms. The minimum atomic E-state index is -4.16. The Morgan fingerprint density at radius 1 is 1.53 bits per heavy atom. The van der Waals surface area contributed by atoms with Crippen LogP contribution in [0, 0.1) is 0 Å². The number of ether oxygens (including phenoxy) is 1. The van der Waals surface area contributed by atoms with E-state index in [0.717, 1.165) is 32.4 Å². The number of phosphoric ester groups is 1.